The van der Waals surface area contributed by atoms with Crippen LogP contribution in [0.3, 0.4) is 0 Å². The molecule has 9 heteroatoms. The molecule has 5 unspecified atom stereocenters. The highest BCUT2D eigenvalue weighted by molar-refractivity contribution is 7.89. The maximum atomic E-state index is 12.7. The zero-order chi connectivity index (χ0) is 18.1. The van der Waals surface area contributed by atoms with Gasteiger partial charge in [-0.05, 0) is 24.6 Å². The summed E-state index contributed by atoms with van der Waals surface area (Å²) in [6.07, 6.45) is -4.49. The second-order valence-electron chi connectivity index (χ2n) is 5.86. The number of nitrogens with zero attached hydrogens (tertiary/aromatic N) is 1. The van der Waals surface area contributed by atoms with Crippen molar-refractivity contribution in [2.24, 2.45) is 0 Å². The molecule has 2 rings (SSSR count). The Morgan fingerprint density at radius 3 is 2.21 bits per heavy atom. The van der Waals surface area contributed by atoms with Crippen LogP contribution in [0.4, 0.5) is 0 Å². The molecule has 0 aliphatic carbocycles. The van der Waals surface area contributed by atoms with Gasteiger partial charge in [0.15, 0.2) is 0 Å². The molecule has 1 fully saturated rings. The summed E-state index contributed by atoms with van der Waals surface area (Å²) in [7, 11) is -2.64. The first-order valence-electron chi connectivity index (χ1n) is 7.54. The normalized spacial score (nSPS) is 31.4. The van der Waals surface area contributed by atoms with Gasteiger partial charge in [-0.15, -0.1) is 0 Å². The van der Waals surface area contributed by atoms with Gasteiger partial charge < -0.3 is 25.2 Å². The van der Waals surface area contributed by atoms with Crippen LogP contribution in [0.5, 0.6) is 0 Å². The number of hydrogen-bond donors (Lipinski definition) is 4. The van der Waals surface area contributed by atoms with Crippen molar-refractivity contribution in [3.8, 4) is 0 Å². The summed E-state index contributed by atoms with van der Waals surface area (Å²) in [6, 6.07) is 4.71. The van der Waals surface area contributed by atoms with Crippen LogP contribution in [0.25, 0.3) is 0 Å². The molecule has 4 N–H and O–H groups in total. The molecule has 0 saturated carbocycles. The molecule has 136 valence electrons. The van der Waals surface area contributed by atoms with Crippen LogP contribution in [0.15, 0.2) is 29.2 Å². The van der Waals surface area contributed by atoms with Crippen LogP contribution in [0.1, 0.15) is 12.5 Å². The van der Waals surface area contributed by atoms with E-state index in [0.717, 1.165) is 4.31 Å². The lowest BCUT2D eigenvalue weighted by molar-refractivity contribution is -0.198. The highest BCUT2D eigenvalue weighted by Gasteiger charge is 2.47. The number of sulfonamides is 1. The Morgan fingerprint density at radius 1 is 1.12 bits per heavy atom. The summed E-state index contributed by atoms with van der Waals surface area (Å²) in [4.78, 5) is 0.000344. The SMILES string of the molecule is CC1OC(CO)C(O)C(O)C1N(C)S(=O)(=O)c1ccc(CO)cc1. The first-order valence-corrected chi connectivity index (χ1v) is 8.98. The topological polar surface area (TPSA) is 128 Å². The molecule has 1 aromatic rings. The standard InChI is InChI=1S/C15H23NO7S/c1-9-13(15(20)14(19)12(8-18)23-9)16(2)24(21,22)11-5-3-10(7-17)4-6-11/h3-6,9,12-15,17-20H,7-8H2,1-2H3. The highest BCUT2D eigenvalue weighted by Crippen LogP contribution is 2.28. The largest absolute Gasteiger partial charge is 0.394 e. The summed E-state index contributed by atoms with van der Waals surface area (Å²) in [6.45, 7) is 0.898. The molecule has 0 amide bonds. The average Bonchev–Trinajstić information content (AvgIpc) is 2.58. The van der Waals surface area contributed by atoms with Gasteiger partial charge in [0.1, 0.15) is 18.3 Å². The lowest BCUT2D eigenvalue weighted by atomic mass is 9.94. The monoisotopic (exact) mass is 361 g/mol. The van der Waals surface area contributed by atoms with E-state index in [0.29, 0.717) is 5.56 Å². The molecule has 24 heavy (non-hydrogen) atoms. The third-order valence-corrected chi connectivity index (χ3v) is 6.20. The van der Waals surface area contributed by atoms with Crippen LogP contribution in [-0.4, -0.2) is 77.3 Å². The van der Waals surface area contributed by atoms with E-state index in [4.69, 9.17) is 14.9 Å². The van der Waals surface area contributed by atoms with Gasteiger partial charge in [0.2, 0.25) is 10.0 Å². The molecule has 1 aliphatic heterocycles. The molecular weight excluding hydrogens is 338 g/mol. The van der Waals surface area contributed by atoms with Crippen molar-refractivity contribution >= 4 is 10.0 Å². The number of hydrogen-bond acceptors (Lipinski definition) is 7. The number of likely N-dealkylation sites (N-methyl/N-ethyl adjacent to an activating group) is 1. The number of aliphatic hydroxyl groups is 4. The Labute approximate surface area is 141 Å². The Kier molecular flexibility index (Phi) is 5.97. The predicted molar refractivity (Wildman–Crippen MR) is 84.5 cm³/mol. The fourth-order valence-electron chi connectivity index (χ4n) is 2.89. The van der Waals surface area contributed by atoms with Crippen LogP contribution in [-0.2, 0) is 21.4 Å². The van der Waals surface area contributed by atoms with Crippen LogP contribution in [0, 0.1) is 0 Å². The summed E-state index contributed by atoms with van der Waals surface area (Å²) >= 11 is 0. The molecule has 5 atom stereocenters. The minimum atomic E-state index is -3.94. The van der Waals surface area contributed by atoms with Gasteiger partial charge in [-0.25, -0.2) is 8.42 Å². The van der Waals surface area contributed by atoms with E-state index in [1.807, 2.05) is 0 Å². The smallest absolute Gasteiger partial charge is 0.243 e. The van der Waals surface area contributed by atoms with Gasteiger partial charge in [-0.3, -0.25) is 0 Å². The quantitative estimate of drug-likeness (QED) is 0.512. The van der Waals surface area contributed by atoms with Gasteiger partial charge >= 0.3 is 0 Å². The van der Waals surface area contributed by atoms with Gasteiger partial charge in [0.25, 0.3) is 0 Å². The lowest BCUT2D eigenvalue weighted by Crippen LogP contribution is -2.63. The molecular formula is C15H23NO7S. The van der Waals surface area contributed by atoms with E-state index in [2.05, 4.69) is 0 Å². The average molecular weight is 361 g/mol. The minimum absolute atomic E-state index is 0.000344. The molecule has 1 aromatic carbocycles. The van der Waals surface area contributed by atoms with Crippen LogP contribution in [0.2, 0.25) is 0 Å². The lowest BCUT2D eigenvalue weighted by Gasteiger charge is -2.44. The Bertz CT molecular complexity index is 648. The fraction of sp³-hybridized carbons (Fsp3) is 0.600. The van der Waals surface area contributed by atoms with E-state index in [-0.39, 0.29) is 11.5 Å². The molecule has 0 aromatic heterocycles. The molecule has 1 heterocycles. The van der Waals surface area contributed by atoms with Crippen molar-refractivity contribution in [2.75, 3.05) is 13.7 Å². The second-order valence-corrected chi connectivity index (χ2v) is 7.85. The van der Waals surface area contributed by atoms with Crippen molar-refractivity contribution in [2.45, 2.75) is 48.9 Å². The van der Waals surface area contributed by atoms with Gasteiger partial charge in [0, 0.05) is 7.05 Å². The fourth-order valence-corrected chi connectivity index (χ4v) is 4.32. The Morgan fingerprint density at radius 2 is 1.71 bits per heavy atom. The zero-order valence-corrected chi connectivity index (χ0v) is 14.3. The third-order valence-electron chi connectivity index (χ3n) is 4.33. The van der Waals surface area contributed by atoms with Crippen molar-refractivity contribution < 1.29 is 33.6 Å². The van der Waals surface area contributed by atoms with E-state index in [9.17, 15) is 18.6 Å². The van der Waals surface area contributed by atoms with Crippen molar-refractivity contribution in [3.63, 3.8) is 0 Å². The van der Waals surface area contributed by atoms with E-state index >= 15 is 0 Å². The Hall–Kier alpha value is -1.07. The minimum Gasteiger partial charge on any atom is -0.394 e. The summed E-state index contributed by atoms with van der Waals surface area (Å²) < 4.78 is 31.9. The van der Waals surface area contributed by atoms with Gasteiger partial charge in [-0.1, -0.05) is 12.1 Å². The summed E-state index contributed by atoms with van der Waals surface area (Å²) in [5.74, 6) is 0. The van der Waals surface area contributed by atoms with Crippen molar-refractivity contribution in [1.82, 2.24) is 4.31 Å². The van der Waals surface area contributed by atoms with Crippen LogP contribution >= 0.6 is 0 Å². The first kappa shape index (κ1) is 19.3. The summed E-state index contributed by atoms with van der Waals surface area (Å²) in [5, 5.41) is 38.5. The zero-order valence-electron chi connectivity index (χ0n) is 13.5. The molecule has 0 radical (unpaired) electrons. The predicted octanol–water partition coefficient (Wildman–Crippen LogP) is -1.33. The van der Waals surface area contributed by atoms with Crippen molar-refractivity contribution in [1.29, 1.82) is 0 Å². The molecule has 1 saturated heterocycles. The van der Waals surface area contributed by atoms with Crippen LogP contribution < -0.4 is 0 Å². The summed E-state index contributed by atoms with van der Waals surface area (Å²) in [5.41, 5.74) is 0.576. The first-order chi connectivity index (χ1) is 11.2. The number of rotatable bonds is 5. The number of benzene rings is 1. The molecule has 0 bridgehead atoms. The van der Waals surface area contributed by atoms with E-state index in [1.165, 1.54) is 31.3 Å². The molecule has 0 spiro atoms. The Balaban J connectivity index is 2.29. The third kappa shape index (κ3) is 3.47. The maximum Gasteiger partial charge on any atom is 0.243 e. The van der Waals surface area contributed by atoms with E-state index in [1.54, 1.807) is 6.92 Å². The molecule has 1 aliphatic rings. The maximum absolute atomic E-state index is 12.7. The number of ether oxygens (including phenoxy) is 1. The number of aliphatic hydroxyl groups excluding tert-OH is 4. The van der Waals surface area contributed by atoms with Gasteiger partial charge in [-0.2, -0.15) is 4.31 Å². The van der Waals surface area contributed by atoms with E-state index < -0.39 is 47.1 Å². The van der Waals surface area contributed by atoms with Crippen molar-refractivity contribution in [3.05, 3.63) is 29.8 Å². The second kappa shape index (κ2) is 7.44. The van der Waals surface area contributed by atoms with Gasteiger partial charge in [0.05, 0.1) is 30.3 Å². The highest BCUT2D eigenvalue weighted by atomic mass is 32.2. The molecule has 8 nitrogen and oxygen atoms in total.